The third-order valence-electron chi connectivity index (χ3n) is 3.55. The fraction of sp³-hybridized carbons (Fsp3) is 0.533. The molecule has 1 aliphatic rings. The third-order valence-corrected chi connectivity index (χ3v) is 3.55. The molecule has 1 aromatic carbocycles. The molecule has 0 aliphatic carbocycles. The van der Waals surface area contributed by atoms with Crippen molar-refractivity contribution >= 4 is 11.6 Å². The molecule has 0 radical (unpaired) electrons. The predicted molar refractivity (Wildman–Crippen MR) is 78.4 cm³/mol. The monoisotopic (exact) mass is 278 g/mol. The third kappa shape index (κ3) is 3.22. The van der Waals surface area contributed by atoms with E-state index in [4.69, 9.17) is 9.47 Å². The van der Waals surface area contributed by atoms with Crippen LogP contribution in [-0.2, 0) is 4.79 Å². The molecular formula is C15H22N2O3. The number of methoxy groups -OCH3 is 1. The number of benzene rings is 1. The quantitative estimate of drug-likeness (QED) is 0.865. The maximum atomic E-state index is 12.2. The molecule has 1 aromatic rings. The highest BCUT2D eigenvalue weighted by Gasteiger charge is 2.29. The Morgan fingerprint density at radius 3 is 2.85 bits per heavy atom. The molecule has 1 amide bonds. The van der Waals surface area contributed by atoms with E-state index in [1.807, 2.05) is 19.1 Å². The molecule has 2 rings (SSSR count). The van der Waals surface area contributed by atoms with Gasteiger partial charge < -0.3 is 20.1 Å². The summed E-state index contributed by atoms with van der Waals surface area (Å²) in [6.07, 6.45) is 1.03. The number of carbonyl (C=O) groups excluding carboxylic acids is 1. The van der Waals surface area contributed by atoms with Crippen molar-refractivity contribution in [2.75, 3.05) is 25.6 Å². The van der Waals surface area contributed by atoms with E-state index in [9.17, 15) is 4.79 Å². The Bertz CT molecular complexity index is 476. The Morgan fingerprint density at radius 2 is 2.25 bits per heavy atom. The standard InChI is InChI=1S/C15H22N2O3/c1-4-20-12-6-5-11(9-13(12)19-3)17-15(18)14-10(2)7-8-16-14/h5-6,9-10,14,16H,4,7-8H2,1-3H3,(H,17,18). The van der Waals surface area contributed by atoms with Gasteiger partial charge in [-0.25, -0.2) is 0 Å². The van der Waals surface area contributed by atoms with Crippen molar-refractivity contribution in [1.29, 1.82) is 0 Å². The van der Waals surface area contributed by atoms with Crippen LogP contribution in [0.25, 0.3) is 0 Å². The Kier molecular flexibility index (Phi) is 4.84. The summed E-state index contributed by atoms with van der Waals surface area (Å²) in [7, 11) is 1.59. The van der Waals surface area contributed by atoms with E-state index in [0.29, 0.717) is 24.0 Å². The summed E-state index contributed by atoms with van der Waals surface area (Å²) < 4.78 is 10.7. The first-order chi connectivity index (χ1) is 9.65. The topological polar surface area (TPSA) is 59.6 Å². The maximum Gasteiger partial charge on any atom is 0.241 e. The highest BCUT2D eigenvalue weighted by atomic mass is 16.5. The largest absolute Gasteiger partial charge is 0.493 e. The first-order valence-corrected chi connectivity index (χ1v) is 7.00. The first kappa shape index (κ1) is 14.7. The SMILES string of the molecule is CCOc1ccc(NC(=O)C2NCCC2C)cc1OC. The van der Waals surface area contributed by atoms with Crippen LogP contribution in [-0.4, -0.2) is 32.2 Å². The van der Waals surface area contributed by atoms with Gasteiger partial charge in [0.1, 0.15) is 0 Å². The molecule has 2 unspecified atom stereocenters. The molecule has 110 valence electrons. The molecule has 5 nitrogen and oxygen atoms in total. The Balaban J connectivity index is 2.07. The van der Waals surface area contributed by atoms with Crippen molar-refractivity contribution in [3.63, 3.8) is 0 Å². The van der Waals surface area contributed by atoms with Crippen molar-refractivity contribution < 1.29 is 14.3 Å². The molecule has 0 bridgehead atoms. The lowest BCUT2D eigenvalue weighted by molar-refractivity contribution is -0.118. The van der Waals surface area contributed by atoms with Gasteiger partial charge in [0.15, 0.2) is 11.5 Å². The second-order valence-corrected chi connectivity index (χ2v) is 4.99. The van der Waals surface area contributed by atoms with Crippen molar-refractivity contribution in [3.8, 4) is 11.5 Å². The van der Waals surface area contributed by atoms with Gasteiger partial charge in [0.25, 0.3) is 0 Å². The Morgan fingerprint density at radius 1 is 1.45 bits per heavy atom. The van der Waals surface area contributed by atoms with Crippen LogP contribution in [0, 0.1) is 5.92 Å². The molecule has 1 saturated heterocycles. The summed E-state index contributed by atoms with van der Waals surface area (Å²) in [5, 5.41) is 6.14. The number of nitrogens with one attached hydrogen (secondary N) is 2. The van der Waals surface area contributed by atoms with Gasteiger partial charge in [0.05, 0.1) is 19.8 Å². The summed E-state index contributed by atoms with van der Waals surface area (Å²) in [5.74, 6) is 1.67. The molecule has 1 heterocycles. The molecule has 1 aliphatic heterocycles. The van der Waals surface area contributed by atoms with Crippen LogP contribution in [0.5, 0.6) is 11.5 Å². The van der Waals surface area contributed by atoms with Gasteiger partial charge >= 0.3 is 0 Å². The van der Waals surface area contributed by atoms with Gasteiger partial charge in [-0.05, 0) is 37.9 Å². The van der Waals surface area contributed by atoms with E-state index in [-0.39, 0.29) is 11.9 Å². The summed E-state index contributed by atoms with van der Waals surface area (Å²) in [5.41, 5.74) is 0.719. The van der Waals surface area contributed by atoms with Crippen LogP contribution in [0.4, 0.5) is 5.69 Å². The molecule has 2 atom stereocenters. The highest BCUT2D eigenvalue weighted by molar-refractivity contribution is 5.95. The minimum Gasteiger partial charge on any atom is -0.493 e. The molecule has 0 saturated carbocycles. The molecule has 20 heavy (non-hydrogen) atoms. The van der Waals surface area contributed by atoms with Gasteiger partial charge in [-0.1, -0.05) is 6.92 Å². The summed E-state index contributed by atoms with van der Waals surface area (Å²) >= 11 is 0. The fourth-order valence-electron chi connectivity index (χ4n) is 2.43. The van der Waals surface area contributed by atoms with Crippen molar-refractivity contribution in [1.82, 2.24) is 5.32 Å². The number of hydrogen-bond acceptors (Lipinski definition) is 4. The molecule has 5 heteroatoms. The number of ether oxygens (including phenoxy) is 2. The van der Waals surface area contributed by atoms with Gasteiger partial charge in [-0.3, -0.25) is 4.79 Å². The number of amides is 1. The molecule has 1 fully saturated rings. The van der Waals surface area contributed by atoms with Crippen LogP contribution >= 0.6 is 0 Å². The lowest BCUT2D eigenvalue weighted by Gasteiger charge is -2.16. The first-order valence-electron chi connectivity index (χ1n) is 7.00. The molecular weight excluding hydrogens is 256 g/mol. The van der Waals surface area contributed by atoms with Gasteiger partial charge in [-0.2, -0.15) is 0 Å². The van der Waals surface area contributed by atoms with Crippen LogP contribution in [0.1, 0.15) is 20.3 Å². The zero-order valence-electron chi connectivity index (χ0n) is 12.2. The molecule has 0 aromatic heterocycles. The maximum absolute atomic E-state index is 12.2. The average Bonchev–Trinajstić information content (AvgIpc) is 2.87. The molecule has 0 spiro atoms. The highest BCUT2D eigenvalue weighted by Crippen LogP contribution is 2.30. The van der Waals surface area contributed by atoms with E-state index in [0.717, 1.165) is 18.7 Å². The van der Waals surface area contributed by atoms with E-state index in [2.05, 4.69) is 17.6 Å². The van der Waals surface area contributed by atoms with Crippen LogP contribution < -0.4 is 20.1 Å². The predicted octanol–water partition coefficient (Wildman–Crippen LogP) is 2.03. The van der Waals surface area contributed by atoms with Crippen LogP contribution in [0.15, 0.2) is 18.2 Å². The second-order valence-electron chi connectivity index (χ2n) is 4.99. The van der Waals surface area contributed by atoms with Crippen molar-refractivity contribution in [2.45, 2.75) is 26.3 Å². The minimum absolute atomic E-state index is 0.00112. The lowest BCUT2D eigenvalue weighted by Crippen LogP contribution is -2.39. The van der Waals surface area contributed by atoms with E-state index in [1.165, 1.54) is 0 Å². The molecule has 2 N–H and O–H groups in total. The number of anilines is 1. The van der Waals surface area contributed by atoms with E-state index in [1.54, 1.807) is 13.2 Å². The number of hydrogen-bond donors (Lipinski definition) is 2. The van der Waals surface area contributed by atoms with Crippen molar-refractivity contribution in [2.24, 2.45) is 5.92 Å². The van der Waals surface area contributed by atoms with Crippen molar-refractivity contribution in [3.05, 3.63) is 18.2 Å². The second kappa shape index (κ2) is 6.61. The number of rotatable bonds is 5. The lowest BCUT2D eigenvalue weighted by atomic mass is 10.0. The van der Waals surface area contributed by atoms with Crippen LogP contribution in [0.2, 0.25) is 0 Å². The van der Waals surface area contributed by atoms with E-state index >= 15 is 0 Å². The fourth-order valence-corrected chi connectivity index (χ4v) is 2.43. The zero-order valence-corrected chi connectivity index (χ0v) is 12.2. The van der Waals surface area contributed by atoms with Crippen LogP contribution in [0.3, 0.4) is 0 Å². The van der Waals surface area contributed by atoms with E-state index < -0.39 is 0 Å². The summed E-state index contributed by atoms with van der Waals surface area (Å²) in [4.78, 5) is 12.2. The van der Waals surface area contributed by atoms with Gasteiger partial charge in [0.2, 0.25) is 5.91 Å². The summed E-state index contributed by atoms with van der Waals surface area (Å²) in [6.45, 7) is 5.47. The van der Waals surface area contributed by atoms with Gasteiger partial charge in [0, 0.05) is 11.8 Å². The number of carbonyl (C=O) groups is 1. The normalized spacial score (nSPS) is 21.6. The average molecular weight is 278 g/mol. The Labute approximate surface area is 119 Å². The minimum atomic E-state index is -0.118. The smallest absolute Gasteiger partial charge is 0.241 e. The Hall–Kier alpha value is -1.75. The summed E-state index contributed by atoms with van der Waals surface area (Å²) in [6, 6.07) is 5.30. The van der Waals surface area contributed by atoms with Gasteiger partial charge in [-0.15, -0.1) is 0 Å². The zero-order chi connectivity index (χ0) is 14.5.